The molecule has 0 saturated carbocycles. The third-order valence-electron chi connectivity index (χ3n) is 13.4. The van der Waals surface area contributed by atoms with Gasteiger partial charge in [-0.15, -0.1) is 0 Å². The number of aliphatic hydroxyl groups is 8. The Morgan fingerprint density at radius 2 is 0.921 bits per heavy atom. The van der Waals surface area contributed by atoms with Gasteiger partial charge >= 0.3 is 0 Å². The van der Waals surface area contributed by atoms with Gasteiger partial charge in [-0.2, -0.15) is 0 Å². The molecule has 12 unspecified atom stereocenters. The zero-order chi connectivity index (χ0) is 55.3. The van der Waals surface area contributed by atoms with E-state index in [1.54, 1.807) is 6.08 Å². The highest BCUT2D eigenvalue weighted by atomic mass is 16.7. The fourth-order valence-corrected chi connectivity index (χ4v) is 8.74. The van der Waals surface area contributed by atoms with Gasteiger partial charge in [0.15, 0.2) is 12.6 Å². The molecule has 14 heteroatoms. The Balaban J connectivity index is 1.68. The molecule has 1 amide bonds. The maximum Gasteiger partial charge on any atom is 0.220 e. The quantitative estimate of drug-likeness (QED) is 0.0205. The Morgan fingerprint density at radius 1 is 0.487 bits per heavy atom. The third-order valence-corrected chi connectivity index (χ3v) is 13.4. The summed E-state index contributed by atoms with van der Waals surface area (Å²) in [5.74, 6) is -0.263. The van der Waals surface area contributed by atoms with Gasteiger partial charge in [0.1, 0.15) is 48.8 Å². The lowest BCUT2D eigenvalue weighted by molar-refractivity contribution is -0.359. The highest BCUT2D eigenvalue weighted by Crippen LogP contribution is 2.30. The Bertz CT molecular complexity index is 1690. The zero-order valence-corrected chi connectivity index (χ0v) is 46.4. The summed E-state index contributed by atoms with van der Waals surface area (Å²) in [7, 11) is 0. The van der Waals surface area contributed by atoms with Crippen LogP contribution in [0.25, 0.3) is 0 Å². The minimum Gasteiger partial charge on any atom is -0.394 e. The maximum absolute atomic E-state index is 13.2. The lowest BCUT2D eigenvalue weighted by Crippen LogP contribution is -2.65. The minimum absolute atomic E-state index is 0.260. The number of aliphatic hydroxyl groups excluding tert-OH is 8. The highest BCUT2D eigenvalue weighted by molar-refractivity contribution is 5.76. The first-order valence-corrected chi connectivity index (χ1v) is 29.1. The van der Waals surface area contributed by atoms with E-state index in [1.165, 1.54) is 51.4 Å². The molecule has 0 aliphatic carbocycles. The number of carbonyl (C=O) groups excluding carboxylic acids is 1. The van der Waals surface area contributed by atoms with E-state index in [2.05, 4.69) is 116 Å². The van der Waals surface area contributed by atoms with Crippen molar-refractivity contribution in [1.29, 1.82) is 0 Å². The number of hydrogen-bond acceptors (Lipinski definition) is 13. The maximum atomic E-state index is 13.2. The van der Waals surface area contributed by atoms with Gasteiger partial charge in [-0.25, -0.2) is 0 Å². The standard InChI is InChI=1S/C62H103NO13/c1-3-5-7-9-11-13-15-16-17-18-19-20-21-22-23-24-25-26-27-28-29-30-31-32-33-34-36-38-40-42-44-46-54(67)63-50(51(66)45-43-41-39-37-35-14-12-10-8-6-4-2)49-73-61-59(72)57(70)60(53(48-65)75-61)76-62-58(71)56(69)55(68)52(47-64)74-62/h5,7-8,10-11,13,16-17,19-20,22-23,25-26,35,37,43,45,50-53,55-62,64-66,68-72H,3-4,6,9,12,14-15,18,21,24,27-34,36,38-42,44,46-49H2,1-2H3,(H,63,67)/b7-5-,10-8+,13-11-,17-16-,20-19-,23-22-,26-25-,37-35+,45-43+. The topological polar surface area (TPSA) is 228 Å². The summed E-state index contributed by atoms with van der Waals surface area (Å²) >= 11 is 0. The SMILES string of the molecule is CC/C=C\C/C=C\C/C=C\C/C=C\C/C=C\C/C=C\CCCCCCCCCCCCCCC(=O)NC(COC1OC(CO)C(OC2OC(CO)C(O)C(O)C2O)C(O)C1O)C(O)/C=C/CC/C=C/CC/C=C/CCC. The number of hydrogen-bond donors (Lipinski definition) is 9. The van der Waals surface area contributed by atoms with Crippen LogP contribution in [0.5, 0.6) is 0 Å². The Labute approximate surface area is 457 Å². The van der Waals surface area contributed by atoms with Gasteiger partial charge in [0.25, 0.3) is 0 Å². The van der Waals surface area contributed by atoms with E-state index in [4.69, 9.17) is 18.9 Å². The van der Waals surface area contributed by atoms with Crippen LogP contribution in [0.2, 0.25) is 0 Å². The van der Waals surface area contributed by atoms with Crippen molar-refractivity contribution >= 4 is 5.91 Å². The van der Waals surface area contributed by atoms with Crippen LogP contribution in [0.3, 0.4) is 0 Å². The molecule has 2 fully saturated rings. The van der Waals surface area contributed by atoms with Crippen LogP contribution in [-0.4, -0.2) is 140 Å². The smallest absolute Gasteiger partial charge is 0.220 e. The van der Waals surface area contributed by atoms with Gasteiger partial charge in [0, 0.05) is 6.42 Å². The van der Waals surface area contributed by atoms with Crippen molar-refractivity contribution in [2.24, 2.45) is 0 Å². The molecule has 2 saturated heterocycles. The van der Waals surface area contributed by atoms with Crippen LogP contribution in [-0.2, 0) is 23.7 Å². The molecule has 2 aliphatic heterocycles. The largest absolute Gasteiger partial charge is 0.394 e. The number of carbonyl (C=O) groups is 1. The summed E-state index contributed by atoms with van der Waals surface area (Å²) in [6, 6.07) is -0.944. The van der Waals surface area contributed by atoms with Crippen LogP contribution in [0.15, 0.2) is 109 Å². The lowest BCUT2D eigenvalue weighted by atomic mass is 9.97. The molecular weight excluding hydrogens is 967 g/mol. The third kappa shape index (κ3) is 31.9. The number of amides is 1. The first-order valence-electron chi connectivity index (χ1n) is 29.1. The van der Waals surface area contributed by atoms with E-state index in [9.17, 15) is 45.6 Å². The Hall–Kier alpha value is -3.35. The number of allylic oxidation sites excluding steroid dienone is 17. The average Bonchev–Trinajstić information content (AvgIpc) is 3.42. The summed E-state index contributed by atoms with van der Waals surface area (Å²) in [4.78, 5) is 13.2. The molecule has 434 valence electrons. The summed E-state index contributed by atoms with van der Waals surface area (Å²) in [6.45, 7) is 2.55. The molecule has 76 heavy (non-hydrogen) atoms. The molecule has 0 radical (unpaired) electrons. The van der Waals surface area contributed by atoms with E-state index >= 15 is 0 Å². The van der Waals surface area contributed by atoms with Gasteiger partial charge < -0.3 is 65.1 Å². The number of nitrogens with one attached hydrogen (secondary N) is 1. The van der Waals surface area contributed by atoms with Crippen LogP contribution < -0.4 is 5.32 Å². The molecule has 0 spiro atoms. The van der Waals surface area contributed by atoms with Crippen molar-refractivity contribution in [2.75, 3.05) is 19.8 Å². The van der Waals surface area contributed by atoms with Crippen LogP contribution in [0, 0.1) is 0 Å². The molecule has 2 aliphatic rings. The van der Waals surface area contributed by atoms with E-state index in [-0.39, 0.29) is 18.9 Å². The van der Waals surface area contributed by atoms with Gasteiger partial charge in [-0.3, -0.25) is 4.79 Å². The predicted octanol–water partition coefficient (Wildman–Crippen LogP) is 9.66. The van der Waals surface area contributed by atoms with Gasteiger partial charge in [-0.1, -0.05) is 194 Å². The van der Waals surface area contributed by atoms with Crippen molar-refractivity contribution in [2.45, 2.75) is 254 Å². The fraction of sp³-hybridized carbons (Fsp3) is 0.694. The van der Waals surface area contributed by atoms with Gasteiger partial charge in [-0.05, 0) is 89.9 Å². The van der Waals surface area contributed by atoms with Gasteiger partial charge in [0.05, 0.1) is 32.0 Å². The van der Waals surface area contributed by atoms with Crippen LogP contribution >= 0.6 is 0 Å². The van der Waals surface area contributed by atoms with E-state index < -0.39 is 86.8 Å². The zero-order valence-electron chi connectivity index (χ0n) is 46.4. The molecule has 0 bridgehead atoms. The van der Waals surface area contributed by atoms with Crippen molar-refractivity contribution in [3.8, 4) is 0 Å². The van der Waals surface area contributed by atoms with E-state index in [0.29, 0.717) is 12.8 Å². The normalized spacial score (nSPS) is 25.7. The van der Waals surface area contributed by atoms with E-state index in [1.807, 2.05) is 6.08 Å². The average molecular weight is 1070 g/mol. The summed E-state index contributed by atoms with van der Waals surface area (Å²) in [5, 5.41) is 86.8. The van der Waals surface area contributed by atoms with Gasteiger partial charge in [0.2, 0.25) is 5.91 Å². The molecule has 0 aromatic rings. The van der Waals surface area contributed by atoms with Crippen LogP contribution in [0.4, 0.5) is 0 Å². The number of ether oxygens (including phenoxy) is 4. The first-order chi connectivity index (χ1) is 37.1. The molecule has 9 N–H and O–H groups in total. The molecule has 2 heterocycles. The molecule has 0 aromatic carbocycles. The number of unbranched alkanes of at least 4 members (excludes halogenated alkanes) is 15. The predicted molar refractivity (Wildman–Crippen MR) is 304 cm³/mol. The monoisotopic (exact) mass is 1070 g/mol. The summed E-state index contributed by atoms with van der Waals surface area (Å²) in [6.07, 6.45) is 48.6. The van der Waals surface area contributed by atoms with Crippen molar-refractivity contribution in [3.63, 3.8) is 0 Å². The highest BCUT2D eigenvalue weighted by Gasteiger charge is 2.51. The van der Waals surface area contributed by atoms with Crippen molar-refractivity contribution < 1.29 is 64.6 Å². The van der Waals surface area contributed by atoms with Crippen molar-refractivity contribution in [3.05, 3.63) is 109 Å². The molecule has 12 atom stereocenters. The molecule has 2 rings (SSSR count). The van der Waals surface area contributed by atoms with Crippen molar-refractivity contribution in [1.82, 2.24) is 5.32 Å². The molecular formula is C62H103NO13. The second-order valence-electron chi connectivity index (χ2n) is 20.0. The minimum atomic E-state index is -1.80. The summed E-state index contributed by atoms with van der Waals surface area (Å²) < 4.78 is 22.7. The first kappa shape index (κ1) is 68.8. The fourth-order valence-electron chi connectivity index (χ4n) is 8.74. The van der Waals surface area contributed by atoms with Crippen LogP contribution in [0.1, 0.15) is 181 Å². The second-order valence-corrected chi connectivity index (χ2v) is 20.0. The second kappa shape index (κ2) is 46.6. The summed E-state index contributed by atoms with van der Waals surface area (Å²) in [5.41, 5.74) is 0. The number of rotatable bonds is 44. The Morgan fingerprint density at radius 3 is 1.43 bits per heavy atom. The Kier molecular flexibility index (Phi) is 42.1. The van der Waals surface area contributed by atoms with E-state index in [0.717, 1.165) is 96.3 Å². The molecule has 14 nitrogen and oxygen atoms in total. The lowest BCUT2D eigenvalue weighted by Gasteiger charge is -2.46. The molecule has 0 aromatic heterocycles.